The minimum absolute atomic E-state index is 0.155. The molecular weight excluding hydrogens is 370 g/mol. The van der Waals surface area contributed by atoms with Gasteiger partial charge in [-0.25, -0.2) is 9.78 Å². The van der Waals surface area contributed by atoms with Crippen LogP contribution in [0.25, 0.3) is 0 Å². The highest BCUT2D eigenvalue weighted by Crippen LogP contribution is 2.34. The standard InChI is InChI=1S/C20H33N7O2/c1-24(2)16-5-11-25(14-16)9-3-10-27-15-20(29-19(27)28)6-12-26(13-7-20)17-4-8-22-18(21)23-17/h4,8,16H,3,5-7,9-15H2,1-2H3,(H2,21,22,23)/t16-/m0/s1. The number of nitrogens with two attached hydrogens (primary N) is 1. The number of rotatable bonds is 6. The Morgan fingerprint density at radius 2 is 2.07 bits per heavy atom. The van der Waals surface area contributed by atoms with Gasteiger partial charge in [0, 0.05) is 51.3 Å². The maximum atomic E-state index is 12.4. The third kappa shape index (κ3) is 4.56. The van der Waals surface area contributed by atoms with Gasteiger partial charge in [0.05, 0.1) is 6.54 Å². The van der Waals surface area contributed by atoms with E-state index in [4.69, 9.17) is 10.5 Å². The predicted octanol–water partition coefficient (Wildman–Crippen LogP) is 0.876. The second-order valence-corrected chi connectivity index (χ2v) is 8.79. The molecule has 0 aliphatic carbocycles. The predicted molar refractivity (Wildman–Crippen MR) is 112 cm³/mol. The number of nitrogens with zero attached hydrogens (tertiary/aromatic N) is 6. The molecule has 4 rings (SSSR count). The van der Waals surface area contributed by atoms with Crippen LogP contribution in [0.2, 0.25) is 0 Å². The molecule has 0 bridgehead atoms. The molecule has 9 heteroatoms. The molecule has 1 aromatic rings. The first kappa shape index (κ1) is 20.2. The molecule has 1 atom stereocenters. The van der Waals surface area contributed by atoms with Crippen LogP contribution >= 0.6 is 0 Å². The van der Waals surface area contributed by atoms with Crippen LogP contribution in [0.3, 0.4) is 0 Å². The third-order valence-corrected chi connectivity index (χ3v) is 6.58. The number of anilines is 2. The smallest absolute Gasteiger partial charge is 0.410 e. The second-order valence-electron chi connectivity index (χ2n) is 8.79. The zero-order valence-corrected chi connectivity index (χ0v) is 17.6. The third-order valence-electron chi connectivity index (χ3n) is 6.58. The van der Waals surface area contributed by atoms with Gasteiger partial charge in [-0.05, 0) is 46.1 Å². The molecule has 2 N–H and O–H groups in total. The number of likely N-dealkylation sites (N-methyl/N-ethyl adjacent to an activating group) is 1. The largest absolute Gasteiger partial charge is 0.441 e. The SMILES string of the molecule is CN(C)[C@H]1CCN(CCCN2CC3(CCN(c4ccnc(N)n4)CC3)OC2=O)C1. The summed E-state index contributed by atoms with van der Waals surface area (Å²) in [6.45, 7) is 6.41. The number of hydrogen-bond acceptors (Lipinski definition) is 8. The molecule has 0 radical (unpaired) electrons. The Bertz CT molecular complexity index is 721. The molecule has 29 heavy (non-hydrogen) atoms. The normalized spacial score (nSPS) is 24.7. The van der Waals surface area contributed by atoms with Crippen LogP contribution in [0.1, 0.15) is 25.7 Å². The number of likely N-dealkylation sites (tertiary alicyclic amines) is 1. The molecule has 1 spiro atoms. The highest BCUT2D eigenvalue weighted by molar-refractivity contribution is 5.70. The Hall–Kier alpha value is -2.13. The molecule has 4 heterocycles. The summed E-state index contributed by atoms with van der Waals surface area (Å²) in [5.41, 5.74) is 5.35. The van der Waals surface area contributed by atoms with E-state index in [0.29, 0.717) is 12.6 Å². The first-order chi connectivity index (χ1) is 13.9. The molecule has 3 saturated heterocycles. The van der Waals surface area contributed by atoms with Gasteiger partial charge in [-0.2, -0.15) is 4.98 Å². The lowest BCUT2D eigenvalue weighted by molar-refractivity contribution is 0.0366. The number of carbonyl (C=O) groups is 1. The van der Waals surface area contributed by atoms with Crippen molar-refractivity contribution in [3.63, 3.8) is 0 Å². The van der Waals surface area contributed by atoms with Crippen molar-refractivity contribution in [1.82, 2.24) is 24.7 Å². The molecule has 160 valence electrons. The van der Waals surface area contributed by atoms with Crippen molar-refractivity contribution in [2.24, 2.45) is 0 Å². The summed E-state index contributed by atoms with van der Waals surface area (Å²) in [6.07, 6.45) is 5.39. The molecule has 0 aromatic carbocycles. The van der Waals surface area contributed by atoms with Gasteiger partial charge in [0.25, 0.3) is 0 Å². The Labute approximate surface area is 172 Å². The van der Waals surface area contributed by atoms with E-state index in [1.165, 1.54) is 6.42 Å². The van der Waals surface area contributed by atoms with Crippen LogP contribution in [0.5, 0.6) is 0 Å². The van der Waals surface area contributed by atoms with Crippen LogP contribution in [-0.2, 0) is 4.74 Å². The fraction of sp³-hybridized carbons (Fsp3) is 0.750. The number of ether oxygens (including phenoxy) is 1. The van der Waals surface area contributed by atoms with Gasteiger partial charge in [0.15, 0.2) is 0 Å². The van der Waals surface area contributed by atoms with E-state index < -0.39 is 0 Å². The van der Waals surface area contributed by atoms with Crippen molar-refractivity contribution in [2.45, 2.75) is 37.3 Å². The first-order valence-electron chi connectivity index (χ1n) is 10.6. The lowest BCUT2D eigenvalue weighted by Gasteiger charge is -2.37. The minimum Gasteiger partial charge on any atom is -0.441 e. The Morgan fingerprint density at radius 3 is 2.76 bits per heavy atom. The first-order valence-corrected chi connectivity index (χ1v) is 10.6. The molecule has 1 amide bonds. The van der Waals surface area contributed by atoms with E-state index in [-0.39, 0.29) is 17.6 Å². The highest BCUT2D eigenvalue weighted by Gasteiger charge is 2.46. The maximum absolute atomic E-state index is 12.4. The molecule has 3 aliphatic rings. The summed E-state index contributed by atoms with van der Waals surface area (Å²) in [4.78, 5) is 29.6. The molecule has 3 fully saturated rings. The zero-order valence-electron chi connectivity index (χ0n) is 17.6. The number of nitrogen functional groups attached to an aromatic ring is 1. The van der Waals surface area contributed by atoms with Crippen LogP contribution in [0, 0.1) is 0 Å². The van der Waals surface area contributed by atoms with E-state index in [0.717, 1.165) is 64.3 Å². The quantitative estimate of drug-likeness (QED) is 0.748. The van der Waals surface area contributed by atoms with Crippen molar-refractivity contribution in [3.8, 4) is 0 Å². The number of amides is 1. The van der Waals surface area contributed by atoms with Gasteiger partial charge in [-0.15, -0.1) is 0 Å². The molecule has 9 nitrogen and oxygen atoms in total. The number of hydrogen-bond donors (Lipinski definition) is 1. The van der Waals surface area contributed by atoms with Crippen molar-refractivity contribution < 1.29 is 9.53 Å². The molecular formula is C20H33N7O2. The topological polar surface area (TPSA) is 91.1 Å². The maximum Gasteiger partial charge on any atom is 0.410 e. The second kappa shape index (κ2) is 8.31. The summed E-state index contributed by atoms with van der Waals surface area (Å²) in [5, 5.41) is 0. The van der Waals surface area contributed by atoms with Crippen LogP contribution in [0.15, 0.2) is 12.3 Å². The summed E-state index contributed by atoms with van der Waals surface area (Å²) >= 11 is 0. The molecule has 1 aromatic heterocycles. The number of aromatic nitrogens is 2. The lowest BCUT2D eigenvalue weighted by Crippen LogP contribution is -2.47. The van der Waals surface area contributed by atoms with Crippen LogP contribution in [-0.4, -0.2) is 102 Å². The fourth-order valence-electron chi connectivity index (χ4n) is 4.73. The van der Waals surface area contributed by atoms with E-state index in [2.05, 4.69) is 38.8 Å². The average Bonchev–Trinajstić information content (AvgIpc) is 3.28. The van der Waals surface area contributed by atoms with Gasteiger partial charge in [0.1, 0.15) is 11.4 Å². The zero-order chi connectivity index (χ0) is 20.4. The average molecular weight is 404 g/mol. The van der Waals surface area contributed by atoms with Crippen molar-refractivity contribution in [2.75, 3.05) is 70.5 Å². The molecule has 3 aliphatic heterocycles. The fourth-order valence-corrected chi connectivity index (χ4v) is 4.73. The van der Waals surface area contributed by atoms with E-state index in [9.17, 15) is 4.79 Å². The number of piperidine rings is 1. The van der Waals surface area contributed by atoms with E-state index >= 15 is 0 Å². The number of carbonyl (C=O) groups excluding carboxylic acids is 1. The lowest BCUT2D eigenvalue weighted by atomic mass is 9.91. The van der Waals surface area contributed by atoms with E-state index in [1.807, 2.05) is 11.0 Å². The van der Waals surface area contributed by atoms with Gasteiger partial charge < -0.3 is 30.1 Å². The van der Waals surface area contributed by atoms with E-state index in [1.54, 1.807) is 6.20 Å². The summed E-state index contributed by atoms with van der Waals surface area (Å²) < 4.78 is 5.86. The van der Waals surface area contributed by atoms with Crippen molar-refractivity contribution >= 4 is 17.9 Å². The van der Waals surface area contributed by atoms with Gasteiger partial charge in [0.2, 0.25) is 5.95 Å². The summed E-state index contributed by atoms with van der Waals surface area (Å²) in [5.74, 6) is 1.13. The van der Waals surface area contributed by atoms with Gasteiger partial charge >= 0.3 is 6.09 Å². The summed E-state index contributed by atoms with van der Waals surface area (Å²) in [6, 6.07) is 2.53. The Kier molecular flexibility index (Phi) is 5.78. The van der Waals surface area contributed by atoms with Crippen LogP contribution < -0.4 is 10.6 Å². The molecule has 0 saturated carbocycles. The Morgan fingerprint density at radius 1 is 1.28 bits per heavy atom. The van der Waals surface area contributed by atoms with Crippen molar-refractivity contribution in [3.05, 3.63) is 12.3 Å². The molecule has 0 unspecified atom stereocenters. The van der Waals surface area contributed by atoms with Crippen molar-refractivity contribution in [1.29, 1.82) is 0 Å². The van der Waals surface area contributed by atoms with Crippen LogP contribution in [0.4, 0.5) is 16.6 Å². The van der Waals surface area contributed by atoms with Gasteiger partial charge in [-0.3, -0.25) is 0 Å². The monoisotopic (exact) mass is 403 g/mol. The van der Waals surface area contributed by atoms with Gasteiger partial charge in [-0.1, -0.05) is 0 Å². The highest BCUT2D eigenvalue weighted by atomic mass is 16.6. The summed E-state index contributed by atoms with van der Waals surface area (Å²) in [7, 11) is 4.30. The Balaban J connectivity index is 1.23. The minimum atomic E-state index is -0.351.